The molecule has 2 aliphatic carbocycles. The van der Waals surface area contributed by atoms with Crippen molar-refractivity contribution in [3.63, 3.8) is 0 Å². The number of nitrogens with zero attached hydrogens (tertiary/aromatic N) is 2. The van der Waals surface area contributed by atoms with Gasteiger partial charge in [0.25, 0.3) is 0 Å². The van der Waals surface area contributed by atoms with Gasteiger partial charge in [0.1, 0.15) is 5.82 Å². The zero-order valence-electron chi connectivity index (χ0n) is 20.9. The van der Waals surface area contributed by atoms with E-state index in [2.05, 4.69) is 63.6 Å². The van der Waals surface area contributed by atoms with Crippen molar-refractivity contribution in [1.82, 2.24) is 9.55 Å². The molecule has 0 saturated carbocycles. The molecule has 3 N–H and O–H groups in total. The van der Waals surface area contributed by atoms with Crippen LogP contribution >= 0.6 is 11.6 Å². The van der Waals surface area contributed by atoms with Gasteiger partial charge in [0.15, 0.2) is 12.6 Å². The minimum Gasteiger partial charge on any atom is -0.373 e. The van der Waals surface area contributed by atoms with E-state index in [0.29, 0.717) is 5.56 Å². The molecule has 2 aromatic rings. The summed E-state index contributed by atoms with van der Waals surface area (Å²) in [5.74, 6) is 0.259. The number of allylic oxidation sites excluding steroid dienone is 9. The fraction of sp³-hybridized carbons (Fsp3) is 0.214. The van der Waals surface area contributed by atoms with Crippen LogP contribution in [0.2, 0.25) is 0 Å². The number of nitrogens with one attached hydrogen (secondary N) is 1. The van der Waals surface area contributed by atoms with Crippen molar-refractivity contribution in [2.45, 2.75) is 33.2 Å². The Morgan fingerprint density at radius 3 is 2.47 bits per heavy atom. The molecule has 2 heterocycles. The van der Waals surface area contributed by atoms with Crippen LogP contribution in [-0.4, -0.2) is 35.1 Å². The lowest BCUT2D eigenvalue weighted by molar-refractivity contribution is -0.122. The van der Waals surface area contributed by atoms with Gasteiger partial charge in [0, 0.05) is 43.1 Å². The van der Waals surface area contributed by atoms with Gasteiger partial charge in [0.05, 0.1) is 5.56 Å². The van der Waals surface area contributed by atoms with E-state index in [1.54, 1.807) is 19.2 Å². The monoisotopic (exact) mass is 508 g/mol. The molecule has 0 unspecified atom stereocenters. The highest BCUT2D eigenvalue weighted by molar-refractivity contribution is 6.31. The summed E-state index contributed by atoms with van der Waals surface area (Å²) >= 11 is 6.02. The summed E-state index contributed by atoms with van der Waals surface area (Å²) in [5.41, 5.74) is 9.43. The second-order valence-corrected chi connectivity index (χ2v) is 7.53. The minimum absolute atomic E-state index is 0.194. The lowest BCUT2D eigenvalue weighted by atomic mass is 10.2. The Hall–Kier alpha value is -3.97. The Kier molecular flexibility index (Phi) is 14.6. The van der Waals surface area contributed by atoms with Crippen molar-refractivity contribution < 1.29 is 14.4 Å². The highest BCUT2D eigenvalue weighted by atomic mass is 35.5. The second-order valence-electron chi connectivity index (χ2n) is 7.09. The molecule has 0 fully saturated rings. The third kappa shape index (κ3) is 10.5. The van der Waals surface area contributed by atoms with Gasteiger partial charge in [-0.2, -0.15) is 0 Å². The molecular formula is C28H33ClN4O3. The van der Waals surface area contributed by atoms with Crippen molar-refractivity contribution in [1.29, 1.82) is 0 Å². The Balaban J connectivity index is 0.000000324. The van der Waals surface area contributed by atoms with Gasteiger partial charge < -0.3 is 15.6 Å². The summed E-state index contributed by atoms with van der Waals surface area (Å²) in [6.07, 6.45) is 22.8. The highest BCUT2D eigenvalue weighted by Crippen LogP contribution is 2.20. The number of primary amides is 1. The average molecular weight is 509 g/mol. The van der Waals surface area contributed by atoms with Crippen LogP contribution in [0.4, 0.5) is 5.82 Å². The molecule has 8 heteroatoms. The number of aromatic nitrogens is 2. The lowest BCUT2D eigenvalue weighted by Gasteiger charge is -2.09. The first-order valence-electron chi connectivity index (χ1n) is 11.5. The van der Waals surface area contributed by atoms with Crippen LogP contribution in [0.3, 0.4) is 0 Å². The van der Waals surface area contributed by atoms with Crippen LogP contribution in [-0.2, 0) is 22.6 Å². The van der Waals surface area contributed by atoms with Crippen LogP contribution in [0.25, 0.3) is 6.08 Å². The second kappa shape index (κ2) is 17.5. The number of anilines is 1. The molecule has 0 saturated heterocycles. The predicted octanol–water partition coefficient (Wildman–Crippen LogP) is 5.26. The largest absolute Gasteiger partial charge is 0.373 e. The Morgan fingerprint density at radius 2 is 1.86 bits per heavy atom. The van der Waals surface area contributed by atoms with E-state index in [9.17, 15) is 4.79 Å². The molecule has 2 aromatic heterocycles. The predicted molar refractivity (Wildman–Crippen MR) is 148 cm³/mol. The zero-order valence-corrected chi connectivity index (χ0v) is 21.6. The van der Waals surface area contributed by atoms with E-state index in [0.717, 1.165) is 30.2 Å². The zero-order chi connectivity index (χ0) is 26.8. The van der Waals surface area contributed by atoms with Crippen molar-refractivity contribution in [2.75, 3.05) is 12.4 Å². The van der Waals surface area contributed by atoms with Crippen LogP contribution < -0.4 is 11.1 Å². The van der Waals surface area contributed by atoms with Crippen LogP contribution in [0.5, 0.6) is 0 Å². The first kappa shape index (κ1) is 30.1. The number of carbonyl (C=O) groups excluding carboxylic acids is 3. The molecule has 4 rings (SSSR count). The summed E-state index contributed by atoms with van der Waals surface area (Å²) in [6.45, 7) is 4.91. The summed E-state index contributed by atoms with van der Waals surface area (Å²) in [7, 11) is 1.76. The fourth-order valence-corrected chi connectivity index (χ4v) is 3.27. The molecule has 0 spiro atoms. The Morgan fingerprint density at radius 1 is 1.11 bits per heavy atom. The van der Waals surface area contributed by atoms with Crippen molar-refractivity contribution in [2.24, 2.45) is 5.73 Å². The first-order valence-corrected chi connectivity index (χ1v) is 11.9. The van der Waals surface area contributed by atoms with Crippen molar-refractivity contribution in [3.05, 3.63) is 101 Å². The van der Waals surface area contributed by atoms with Gasteiger partial charge in [-0.15, -0.1) is 0 Å². The number of amides is 1. The summed E-state index contributed by atoms with van der Waals surface area (Å²) < 4.78 is 2.32. The summed E-state index contributed by atoms with van der Waals surface area (Å²) in [4.78, 5) is 32.1. The maximum Gasteiger partial charge on any atom is 0.250 e. The van der Waals surface area contributed by atoms with E-state index in [1.807, 2.05) is 26.0 Å². The topological polar surface area (TPSA) is 107 Å². The Labute approximate surface area is 217 Å². The number of nitrogens with two attached hydrogens (primary N) is 1. The van der Waals surface area contributed by atoms with E-state index >= 15 is 0 Å². The van der Waals surface area contributed by atoms with Gasteiger partial charge in [-0.25, -0.2) is 4.98 Å². The molecule has 7 nitrogen and oxygen atoms in total. The van der Waals surface area contributed by atoms with Crippen LogP contribution in [0.15, 0.2) is 83.7 Å². The highest BCUT2D eigenvalue weighted by Gasteiger charge is 2.08. The summed E-state index contributed by atoms with van der Waals surface area (Å²) in [6, 6.07) is 5.51. The molecule has 190 valence electrons. The van der Waals surface area contributed by atoms with Gasteiger partial charge in [-0.05, 0) is 41.8 Å². The van der Waals surface area contributed by atoms with E-state index in [-0.39, 0.29) is 12.6 Å². The third-order valence-corrected chi connectivity index (χ3v) is 5.09. The van der Waals surface area contributed by atoms with Crippen LogP contribution in [0, 0.1) is 0 Å². The first-order chi connectivity index (χ1) is 17.5. The number of halogens is 1. The van der Waals surface area contributed by atoms with Gasteiger partial charge in [0.2, 0.25) is 5.91 Å². The third-order valence-electron chi connectivity index (χ3n) is 4.81. The lowest BCUT2D eigenvalue weighted by Crippen LogP contribution is -2.11. The number of pyridine rings is 1. The fourth-order valence-electron chi connectivity index (χ4n) is 3.12. The molecule has 2 aliphatic rings. The minimum atomic E-state index is -0.458. The molecule has 36 heavy (non-hydrogen) atoms. The van der Waals surface area contributed by atoms with Gasteiger partial charge in [-0.3, -0.25) is 14.4 Å². The van der Waals surface area contributed by atoms with Crippen LogP contribution in [0.1, 0.15) is 41.9 Å². The average Bonchev–Trinajstić information content (AvgIpc) is 3.06. The van der Waals surface area contributed by atoms with Crippen molar-refractivity contribution in [3.8, 4) is 0 Å². The standard InChI is InChI=1S/C17H16ClN.C7H9N3O.C2H2O2.C2H6/c18-16-7-4-5-14(9-10-16)13-19-12-11-15-6-2-1-3-8-17(15)19;1-9-6-3-2-5(4-10-6)7(8)11;3-1-2-4;1-2/h1-3,5-7,9-12H,4,8,13H2;2-4H,1H3,(H2,8,11)(H,9,10);1-2H;1-2H3. The molecular weight excluding hydrogens is 476 g/mol. The SMILES string of the molecule is CC.CNc1ccc(C(N)=O)cn1.ClC1=CCC=C(Cn2ccc3c2CC=CC=C3)C=C1.O=CC=O. The Bertz CT molecular complexity index is 1130. The number of hydrogen-bond donors (Lipinski definition) is 2. The summed E-state index contributed by atoms with van der Waals surface area (Å²) in [5, 5.41) is 3.65. The van der Waals surface area contributed by atoms with E-state index in [1.165, 1.54) is 23.0 Å². The maximum atomic E-state index is 10.6. The quantitative estimate of drug-likeness (QED) is 0.423. The van der Waals surface area contributed by atoms with Crippen molar-refractivity contribution >= 4 is 42.0 Å². The smallest absolute Gasteiger partial charge is 0.250 e. The molecule has 1 amide bonds. The van der Waals surface area contributed by atoms with E-state index < -0.39 is 5.91 Å². The molecule has 0 atom stereocenters. The number of fused-ring (bicyclic) bond motifs is 1. The molecule has 0 radical (unpaired) electrons. The molecule has 0 aromatic carbocycles. The number of aldehydes is 2. The molecule has 0 aliphatic heterocycles. The number of rotatable bonds is 5. The van der Waals surface area contributed by atoms with Gasteiger partial charge >= 0.3 is 0 Å². The number of carbonyl (C=O) groups is 3. The van der Waals surface area contributed by atoms with E-state index in [4.69, 9.17) is 26.9 Å². The molecule has 0 bridgehead atoms. The number of hydrogen-bond acceptors (Lipinski definition) is 5. The normalized spacial score (nSPS) is 12.8. The maximum absolute atomic E-state index is 10.6. The van der Waals surface area contributed by atoms with Gasteiger partial charge in [-0.1, -0.05) is 68.0 Å².